The molecule has 0 radical (unpaired) electrons. The number of rotatable bonds is 5. The summed E-state index contributed by atoms with van der Waals surface area (Å²) in [6.45, 7) is 9.76. The van der Waals surface area contributed by atoms with E-state index in [1.54, 1.807) is 6.92 Å². The van der Waals surface area contributed by atoms with Crippen molar-refractivity contribution in [3.05, 3.63) is 29.3 Å². The van der Waals surface area contributed by atoms with E-state index < -0.39 is 6.10 Å². The van der Waals surface area contributed by atoms with Crippen molar-refractivity contribution in [2.45, 2.75) is 26.9 Å². The van der Waals surface area contributed by atoms with Crippen LogP contribution in [0.5, 0.6) is 5.75 Å². The number of nitrogens with zero attached hydrogens (tertiary/aromatic N) is 2. The smallest absolute Gasteiger partial charge is 0.219 e. The number of amides is 1. The molecule has 1 aromatic carbocycles. The van der Waals surface area contributed by atoms with Gasteiger partial charge in [-0.25, -0.2) is 0 Å². The van der Waals surface area contributed by atoms with Gasteiger partial charge in [-0.2, -0.15) is 0 Å². The third kappa shape index (κ3) is 4.21. The molecule has 0 spiro atoms. The standard InChI is InChI=1S/C17H26N2O3/c1-4-22-17-6-5-13(2)11-15(17)16(21)12-18-7-9-19(10-8-18)14(3)20/h5-6,11,16,21H,4,7-10,12H2,1-3H3. The van der Waals surface area contributed by atoms with Crippen molar-refractivity contribution >= 4 is 5.91 Å². The van der Waals surface area contributed by atoms with Gasteiger partial charge in [0.25, 0.3) is 0 Å². The molecule has 1 N–H and O–H groups in total. The lowest BCUT2D eigenvalue weighted by molar-refractivity contribution is -0.130. The van der Waals surface area contributed by atoms with Crippen molar-refractivity contribution in [3.8, 4) is 5.75 Å². The lowest BCUT2D eigenvalue weighted by Crippen LogP contribution is -2.48. The molecule has 1 aliphatic rings. The van der Waals surface area contributed by atoms with Gasteiger partial charge in [-0.15, -0.1) is 0 Å². The number of ether oxygens (including phenoxy) is 1. The lowest BCUT2D eigenvalue weighted by atomic mass is 10.0. The Labute approximate surface area is 132 Å². The number of hydrogen-bond donors (Lipinski definition) is 1. The third-order valence-electron chi connectivity index (χ3n) is 4.07. The lowest BCUT2D eigenvalue weighted by Gasteiger charge is -2.35. The maximum atomic E-state index is 11.3. The van der Waals surface area contributed by atoms with Gasteiger partial charge in [0.1, 0.15) is 5.75 Å². The molecule has 1 saturated heterocycles. The third-order valence-corrected chi connectivity index (χ3v) is 4.07. The summed E-state index contributed by atoms with van der Waals surface area (Å²) in [5.74, 6) is 0.875. The van der Waals surface area contributed by atoms with E-state index in [0.29, 0.717) is 13.2 Å². The fourth-order valence-corrected chi connectivity index (χ4v) is 2.80. The molecular formula is C17H26N2O3. The van der Waals surface area contributed by atoms with Crippen LogP contribution in [0, 0.1) is 6.92 Å². The van der Waals surface area contributed by atoms with E-state index in [1.807, 2.05) is 36.9 Å². The van der Waals surface area contributed by atoms with Crippen LogP contribution in [-0.2, 0) is 4.79 Å². The Bertz CT molecular complexity index is 511. The van der Waals surface area contributed by atoms with Gasteiger partial charge < -0.3 is 14.7 Å². The molecule has 1 heterocycles. The number of carbonyl (C=O) groups is 1. The highest BCUT2D eigenvalue weighted by Gasteiger charge is 2.22. The van der Waals surface area contributed by atoms with Crippen LogP contribution in [0.4, 0.5) is 0 Å². The SMILES string of the molecule is CCOc1ccc(C)cc1C(O)CN1CCN(C(C)=O)CC1. The Balaban J connectivity index is 1.99. The number of carbonyl (C=O) groups excluding carboxylic acids is 1. The molecule has 0 bridgehead atoms. The molecule has 122 valence electrons. The van der Waals surface area contributed by atoms with Crippen LogP contribution in [0.25, 0.3) is 0 Å². The first-order valence-electron chi connectivity index (χ1n) is 7.90. The molecule has 0 saturated carbocycles. The van der Waals surface area contributed by atoms with Crippen molar-refractivity contribution in [1.82, 2.24) is 9.80 Å². The van der Waals surface area contributed by atoms with E-state index in [1.165, 1.54) is 0 Å². The Kier molecular flexibility index (Phi) is 5.80. The van der Waals surface area contributed by atoms with E-state index in [-0.39, 0.29) is 5.91 Å². The highest BCUT2D eigenvalue weighted by atomic mass is 16.5. The summed E-state index contributed by atoms with van der Waals surface area (Å²) < 4.78 is 5.62. The van der Waals surface area contributed by atoms with Crippen LogP contribution >= 0.6 is 0 Å². The molecule has 1 atom stereocenters. The predicted octanol–water partition coefficient (Wildman–Crippen LogP) is 1.59. The van der Waals surface area contributed by atoms with Crippen molar-refractivity contribution in [2.75, 3.05) is 39.3 Å². The summed E-state index contributed by atoms with van der Waals surface area (Å²) in [5, 5.41) is 10.6. The Hall–Kier alpha value is -1.59. The second-order valence-electron chi connectivity index (χ2n) is 5.80. The zero-order valence-electron chi connectivity index (χ0n) is 13.7. The van der Waals surface area contributed by atoms with Gasteiger partial charge in [0.2, 0.25) is 5.91 Å². The molecule has 22 heavy (non-hydrogen) atoms. The Morgan fingerprint density at radius 2 is 2.00 bits per heavy atom. The summed E-state index contributed by atoms with van der Waals surface area (Å²) in [4.78, 5) is 15.4. The summed E-state index contributed by atoms with van der Waals surface area (Å²) in [5.41, 5.74) is 1.95. The van der Waals surface area contributed by atoms with Crippen molar-refractivity contribution in [2.24, 2.45) is 0 Å². The fourth-order valence-electron chi connectivity index (χ4n) is 2.80. The topological polar surface area (TPSA) is 53.0 Å². The van der Waals surface area contributed by atoms with Crippen molar-refractivity contribution < 1.29 is 14.6 Å². The zero-order chi connectivity index (χ0) is 16.1. The molecule has 1 aliphatic heterocycles. The maximum absolute atomic E-state index is 11.3. The first kappa shape index (κ1) is 16.8. The molecule has 1 aromatic rings. The summed E-state index contributed by atoms with van der Waals surface area (Å²) in [6.07, 6.45) is -0.578. The summed E-state index contributed by atoms with van der Waals surface area (Å²) >= 11 is 0. The van der Waals surface area contributed by atoms with Gasteiger partial charge >= 0.3 is 0 Å². The molecule has 5 nitrogen and oxygen atoms in total. The van der Waals surface area contributed by atoms with E-state index >= 15 is 0 Å². The number of piperazine rings is 1. The second-order valence-corrected chi connectivity index (χ2v) is 5.80. The first-order chi connectivity index (χ1) is 10.5. The average Bonchev–Trinajstić information content (AvgIpc) is 2.49. The van der Waals surface area contributed by atoms with Gasteiger partial charge in [0.15, 0.2) is 0 Å². The Morgan fingerprint density at radius 3 is 2.59 bits per heavy atom. The van der Waals surface area contributed by atoms with Gasteiger partial charge in [0, 0.05) is 45.2 Å². The monoisotopic (exact) mass is 306 g/mol. The quantitative estimate of drug-likeness (QED) is 0.897. The van der Waals surface area contributed by atoms with Crippen LogP contribution in [0.3, 0.4) is 0 Å². The minimum atomic E-state index is -0.578. The average molecular weight is 306 g/mol. The Morgan fingerprint density at radius 1 is 1.32 bits per heavy atom. The number of benzene rings is 1. The van der Waals surface area contributed by atoms with Gasteiger partial charge in [-0.3, -0.25) is 9.69 Å². The van der Waals surface area contributed by atoms with Crippen LogP contribution < -0.4 is 4.74 Å². The molecule has 1 amide bonds. The second kappa shape index (κ2) is 7.61. The van der Waals surface area contributed by atoms with E-state index in [9.17, 15) is 9.90 Å². The number of hydrogen-bond acceptors (Lipinski definition) is 4. The van der Waals surface area contributed by atoms with Gasteiger partial charge in [-0.1, -0.05) is 11.6 Å². The fraction of sp³-hybridized carbons (Fsp3) is 0.588. The molecule has 0 aromatic heterocycles. The molecule has 5 heteroatoms. The van der Waals surface area contributed by atoms with E-state index in [0.717, 1.165) is 43.1 Å². The van der Waals surface area contributed by atoms with Crippen LogP contribution in [0.2, 0.25) is 0 Å². The largest absolute Gasteiger partial charge is 0.493 e. The number of aliphatic hydroxyl groups is 1. The maximum Gasteiger partial charge on any atom is 0.219 e. The molecule has 2 rings (SSSR count). The highest BCUT2D eigenvalue weighted by Crippen LogP contribution is 2.27. The number of aliphatic hydroxyl groups excluding tert-OH is 1. The molecular weight excluding hydrogens is 280 g/mol. The highest BCUT2D eigenvalue weighted by molar-refractivity contribution is 5.73. The minimum Gasteiger partial charge on any atom is -0.493 e. The van der Waals surface area contributed by atoms with Crippen molar-refractivity contribution in [3.63, 3.8) is 0 Å². The normalized spacial score (nSPS) is 17.4. The predicted molar refractivity (Wildman–Crippen MR) is 86.0 cm³/mol. The number of β-amino-alcohol motifs (C(OH)–C–C–N with tert-alkyl or cyclic N) is 1. The van der Waals surface area contributed by atoms with Crippen molar-refractivity contribution in [1.29, 1.82) is 0 Å². The minimum absolute atomic E-state index is 0.123. The first-order valence-corrected chi connectivity index (χ1v) is 7.90. The summed E-state index contributed by atoms with van der Waals surface area (Å²) in [7, 11) is 0. The molecule has 1 unspecified atom stereocenters. The number of aryl methyl sites for hydroxylation is 1. The van der Waals surface area contributed by atoms with Gasteiger partial charge in [0.05, 0.1) is 12.7 Å². The van der Waals surface area contributed by atoms with E-state index in [4.69, 9.17) is 4.74 Å². The zero-order valence-corrected chi connectivity index (χ0v) is 13.7. The van der Waals surface area contributed by atoms with Crippen LogP contribution in [0.1, 0.15) is 31.1 Å². The summed E-state index contributed by atoms with van der Waals surface area (Å²) in [6, 6.07) is 5.90. The van der Waals surface area contributed by atoms with Crippen LogP contribution in [-0.4, -0.2) is 60.1 Å². The molecule has 1 fully saturated rings. The van der Waals surface area contributed by atoms with Gasteiger partial charge in [-0.05, 0) is 26.0 Å². The molecule has 0 aliphatic carbocycles. The van der Waals surface area contributed by atoms with E-state index in [2.05, 4.69) is 4.90 Å². The van der Waals surface area contributed by atoms with Crippen LogP contribution in [0.15, 0.2) is 18.2 Å².